The molecule has 0 bridgehead atoms. The first kappa shape index (κ1) is 15.0. The summed E-state index contributed by atoms with van der Waals surface area (Å²) >= 11 is 0. The average molecular weight is 287 g/mol. The third-order valence-corrected chi connectivity index (χ3v) is 3.31. The van der Waals surface area contributed by atoms with Gasteiger partial charge in [0.2, 0.25) is 0 Å². The van der Waals surface area contributed by atoms with Crippen molar-refractivity contribution in [3.63, 3.8) is 0 Å². The molecule has 2 N–H and O–H groups in total. The van der Waals surface area contributed by atoms with Crippen LogP contribution in [0.4, 0.5) is 10.2 Å². The van der Waals surface area contributed by atoms with Crippen molar-refractivity contribution in [1.29, 1.82) is 0 Å². The summed E-state index contributed by atoms with van der Waals surface area (Å²) in [5.74, 6) is -0.846. The van der Waals surface area contributed by atoms with Gasteiger partial charge in [-0.2, -0.15) is 0 Å². The van der Waals surface area contributed by atoms with E-state index in [9.17, 15) is 9.18 Å². The van der Waals surface area contributed by atoms with Crippen LogP contribution in [0.1, 0.15) is 28.8 Å². The van der Waals surface area contributed by atoms with E-state index in [4.69, 9.17) is 0 Å². The number of aromatic nitrogens is 1. The molecule has 21 heavy (non-hydrogen) atoms. The molecular formula is C16H18FN3O. The van der Waals surface area contributed by atoms with Crippen molar-refractivity contribution in [3.05, 3.63) is 59.5 Å². The maximum absolute atomic E-state index is 14.0. The van der Waals surface area contributed by atoms with Gasteiger partial charge in [-0.3, -0.25) is 4.79 Å². The Morgan fingerprint density at radius 1 is 1.29 bits per heavy atom. The molecule has 1 heterocycles. The standard InChI is InChI=1S/C16H18FN3O/c1-11(12-6-4-3-5-7-12)10-20-16(21)13-8-9-19-15(18-2)14(13)17/h3-9,11H,10H2,1-2H3,(H,18,19)(H,20,21). The van der Waals surface area contributed by atoms with Gasteiger partial charge in [0.25, 0.3) is 5.91 Å². The number of nitrogens with zero attached hydrogens (tertiary/aromatic N) is 1. The number of hydrogen-bond acceptors (Lipinski definition) is 3. The van der Waals surface area contributed by atoms with Crippen molar-refractivity contribution in [2.45, 2.75) is 12.8 Å². The molecule has 0 saturated heterocycles. The normalized spacial score (nSPS) is 11.8. The number of carbonyl (C=O) groups is 1. The number of pyridine rings is 1. The molecule has 5 heteroatoms. The lowest BCUT2D eigenvalue weighted by Crippen LogP contribution is -2.28. The summed E-state index contributed by atoms with van der Waals surface area (Å²) in [5, 5.41) is 5.37. The van der Waals surface area contributed by atoms with Crippen molar-refractivity contribution < 1.29 is 9.18 Å². The van der Waals surface area contributed by atoms with E-state index in [1.165, 1.54) is 12.3 Å². The molecule has 1 aromatic heterocycles. The van der Waals surface area contributed by atoms with Crippen molar-refractivity contribution in [2.24, 2.45) is 0 Å². The monoisotopic (exact) mass is 287 g/mol. The fraction of sp³-hybridized carbons (Fsp3) is 0.250. The van der Waals surface area contributed by atoms with Crippen molar-refractivity contribution in [1.82, 2.24) is 10.3 Å². The van der Waals surface area contributed by atoms with Gasteiger partial charge in [-0.15, -0.1) is 0 Å². The zero-order chi connectivity index (χ0) is 15.2. The summed E-state index contributed by atoms with van der Waals surface area (Å²) in [6.45, 7) is 2.46. The summed E-state index contributed by atoms with van der Waals surface area (Å²) in [5.41, 5.74) is 1.12. The molecule has 1 aromatic carbocycles. The van der Waals surface area contributed by atoms with E-state index in [0.717, 1.165) is 5.56 Å². The van der Waals surface area contributed by atoms with Crippen molar-refractivity contribution >= 4 is 11.7 Å². The van der Waals surface area contributed by atoms with Crippen molar-refractivity contribution in [3.8, 4) is 0 Å². The minimum absolute atomic E-state index is 0.00499. The van der Waals surface area contributed by atoms with Gasteiger partial charge in [-0.25, -0.2) is 9.37 Å². The van der Waals surface area contributed by atoms with Crippen LogP contribution in [0, 0.1) is 5.82 Å². The molecule has 1 atom stereocenters. The SMILES string of the molecule is CNc1nccc(C(=O)NCC(C)c2ccccc2)c1F. The molecule has 0 aliphatic rings. The molecule has 0 saturated carbocycles. The molecular weight excluding hydrogens is 269 g/mol. The van der Waals surface area contributed by atoms with Gasteiger partial charge in [0.15, 0.2) is 11.6 Å². The maximum Gasteiger partial charge on any atom is 0.254 e. The lowest BCUT2D eigenvalue weighted by molar-refractivity contribution is 0.0947. The maximum atomic E-state index is 14.0. The number of hydrogen-bond donors (Lipinski definition) is 2. The molecule has 1 unspecified atom stereocenters. The van der Waals surface area contributed by atoms with Crippen LogP contribution < -0.4 is 10.6 Å². The van der Waals surface area contributed by atoms with E-state index in [2.05, 4.69) is 15.6 Å². The third-order valence-electron chi connectivity index (χ3n) is 3.31. The van der Waals surface area contributed by atoms with E-state index in [0.29, 0.717) is 6.54 Å². The largest absolute Gasteiger partial charge is 0.371 e. The summed E-state index contributed by atoms with van der Waals surface area (Å²) in [6.07, 6.45) is 1.41. The number of rotatable bonds is 5. The number of amides is 1. The Bertz CT molecular complexity index is 616. The summed E-state index contributed by atoms with van der Waals surface area (Å²) in [4.78, 5) is 15.9. The fourth-order valence-electron chi connectivity index (χ4n) is 2.03. The number of nitrogens with one attached hydrogen (secondary N) is 2. The van der Waals surface area contributed by atoms with Crippen molar-refractivity contribution in [2.75, 3.05) is 18.9 Å². The molecule has 2 rings (SSSR count). The van der Waals surface area contributed by atoms with Crippen LogP contribution in [0.25, 0.3) is 0 Å². The second kappa shape index (κ2) is 6.83. The van der Waals surface area contributed by atoms with Crippen LogP contribution in [0.2, 0.25) is 0 Å². The highest BCUT2D eigenvalue weighted by atomic mass is 19.1. The Morgan fingerprint density at radius 2 is 2.00 bits per heavy atom. The van der Waals surface area contributed by atoms with Crippen LogP contribution >= 0.6 is 0 Å². The topological polar surface area (TPSA) is 54.0 Å². The second-order valence-corrected chi connectivity index (χ2v) is 4.79. The number of benzene rings is 1. The van der Waals surface area contributed by atoms with Gasteiger partial charge in [-0.05, 0) is 17.5 Å². The van der Waals surface area contributed by atoms with E-state index in [1.54, 1.807) is 7.05 Å². The first-order chi connectivity index (χ1) is 10.1. The molecule has 0 radical (unpaired) electrons. The lowest BCUT2D eigenvalue weighted by atomic mass is 10.0. The number of carbonyl (C=O) groups excluding carboxylic acids is 1. The molecule has 4 nitrogen and oxygen atoms in total. The highest BCUT2D eigenvalue weighted by Crippen LogP contribution is 2.16. The van der Waals surface area contributed by atoms with Gasteiger partial charge in [0, 0.05) is 19.8 Å². The van der Waals surface area contributed by atoms with Gasteiger partial charge < -0.3 is 10.6 Å². The Balaban J connectivity index is 2.02. The Morgan fingerprint density at radius 3 is 2.67 bits per heavy atom. The van der Waals surface area contributed by atoms with E-state index in [1.807, 2.05) is 37.3 Å². The molecule has 0 spiro atoms. The van der Waals surface area contributed by atoms with E-state index < -0.39 is 11.7 Å². The number of halogens is 1. The van der Waals surface area contributed by atoms with Crippen LogP contribution in [0.5, 0.6) is 0 Å². The predicted octanol–water partition coefficient (Wildman–Crippen LogP) is 2.80. The van der Waals surface area contributed by atoms with Crippen LogP contribution in [-0.2, 0) is 0 Å². The predicted molar refractivity (Wildman–Crippen MR) is 80.9 cm³/mol. The Labute approximate surface area is 123 Å². The minimum Gasteiger partial charge on any atom is -0.371 e. The molecule has 110 valence electrons. The highest BCUT2D eigenvalue weighted by molar-refractivity contribution is 5.95. The van der Waals surface area contributed by atoms with Gasteiger partial charge in [-0.1, -0.05) is 37.3 Å². The minimum atomic E-state index is -0.634. The molecule has 0 aliphatic heterocycles. The molecule has 0 aliphatic carbocycles. The molecule has 0 fully saturated rings. The van der Waals surface area contributed by atoms with E-state index >= 15 is 0 Å². The highest BCUT2D eigenvalue weighted by Gasteiger charge is 2.16. The summed E-state index contributed by atoms with van der Waals surface area (Å²) < 4.78 is 14.0. The van der Waals surface area contributed by atoms with Gasteiger partial charge in [0.1, 0.15) is 0 Å². The smallest absolute Gasteiger partial charge is 0.254 e. The summed E-state index contributed by atoms with van der Waals surface area (Å²) in [6, 6.07) is 11.2. The summed E-state index contributed by atoms with van der Waals surface area (Å²) in [7, 11) is 1.56. The average Bonchev–Trinajstić information content (AvgIpc) is 2.53. The number of anilines is 1. The Kier molecular flexibility index (Phi) is 4.87. The van der Waals surface area contributed by atoms with Gasteiger partial charge >= 0.3 is 0 Å². The van der Waals surface area contributed by atoms with Crippen LogP contribution in [-0.4, -0.2) is 24.5 Å². The Hall–Kier alpha value is -2.43. The van der Waals surface area contributed by atoms with Crippen LogP contribution in [0.3, 0.4) is 0 Å². The zero-order valence-corrected chi connectivity index (χ0v) is 12.1. The fourth-order valence-corrected chi connectivity index (χ4v) is 2.03. The third kappa shape index (κ3) is 3.56. The van der Waals surface area contributed by atoms with E-state index in [-0.39, 0.29) is 17.3 Å². The first-order valence-corrected chi connectivity index (χ1v) is 6.79. The van der Waals surface area contributed by atoms with Crippen LogP contribution in [0.15, 0.2) is 42.6 Å². The van der Waals surface area contributed by atoms with Gasteiger partial charge in [0.05, 0.1) is 5.56 Å². The molecule has 1 amide bonds. The lowest BCUT2D eigenvalue weighted by Gasteiger charge is -2.13. The molecule has 2 aromatic rings. The first-order valence-electron chi connectivity index (χ1n) is 6.79. The second-order valence-electron chi connectivity index (χ2n) is 4.79. The zero-order valence-electron chi connectivity index (χ0n) is 12.1. The quantitative estimate of drug-likeness (QED) is 0.889.